The zero-order valence-corrected chi connectivity index (χ0v) is 11.6. The number of halogens is 1. The van der Waals surface area contributed by atoms with Gasteiger partial charge in [-0.2, -0.15) is 5.10 Å². The van der Waals surface area contributed by atoms with Crippen LogP contribution in [0.4, 0.5) is 0 Å². The van der Waals surface area contributed by atoms with Crippen LogP contribution in [0.15, 0.2) is 35.1 Å². The molecule has 2 rings (SSSR count). The summed E-state index contributed by atoms with van der Waals surface area (Å²) >= 11 is 2.13. The van der Waals surface area contributed by atoms with Crippen LogP contribution in [0.1, 0.15) is 16.2 Å². The Hall–Kier alpha value is -1.70. The van der Waals surface area contributed by atoms with Crippen molar-refractivity contribution in [3.63, 3.8) is 0 Å². The number of carbonyl (C=O) groups is 1. The van der Waals surface area contributed by atoms with Gasteiger partial charge in [-0.05, 0) is 41.6 Å². The molecule has 1 N–H and O–H groups in total. The molecule has 0 fully saturated rings. The van der Waals surface area contributed by atoms with Crippen molar-refractivity contribution >= 4 is 28.6 Å². The third-order valence-corrected chi connectivity index (χ3v) is 3.30. The van der Waals surface area contributed by atoms with E-state index in [2.05, 4.69) is 27.7 Å². The number of aromatic carboxylic acids is 1. The quantitative estimate of drug-likeness (QED) is 0.834. The van der Waals surface area contributed by atoms with E-state index >= 15 is 0 Å². The summed E-state index contributed by atoms with van der Waals surface area (Å²) < 4.78 is 2.39. The Kier molecular flexibility index (Phi) is 3.46. The highest BCUT2D eigenvalue weighted by Gasteiger charge is 2.14. The smallest absolute Gasteiger partial charge is 0.360 e. The fourth-order valence-corrected chi connectivity index (χ4v) is 2.18. The normalized spacial score (nSPS) is 10.3. The minimum absolute atomic E-state index is 0.472. The van der Waals surface area contributed by atoms with Gasteiger partial charge in [-0.15, -0.1) is 0 Å². The van der Waals surface area contributed by atoms with Crippen LogP contribution >= 0.6 is 22.6 Å². The van der Waals surface area contributed by atoms with Crippen LogP contribution in [0.2, 0.25) is 0 Å². The molecule has 0 saturated heterocycles. The molecule has 0 unspecified atom stereocenters. The third kappa shape index (κ3) is 2.28. The second-order valence-electron chi connectivity index (χ2n) is 3.67. The Morgan fingerprint density at radius 2 is 2.06 bits per heavy atom. The molecular weight excluding hydrogens is 347 g/mol. The van der Waals surface area contributed by atoms with Gasteiger partial charge in [0.05, 0.1) is 5.69 Å². The van der Waals surface area contributed by atoms with Gasteiger partial charge in [0.15, 0.2) is 0 Å². The summed E-state index contributed by atoms with van der Waals surface area (Å²) in [5.74, 6) is -1.32. The summed E-state index contributed by atoms with van der Waals surface area (Å²) in [7, 11) is 0. The van der Waals surface area contributed by atoms with Crippen LogP contribution in [-0.2, 0) is 0 Å². The highest BCUT2D eigenvalue weighted by atomic mass is 127. The average Bonchev–Trinajstić information content (AvgIpc) is 2.30. The SMILES string of the molecule is Cc1cc(=O)c(C(=O)O)nn1-c1ccccc1I. The molecule has 0 saturated carbocycles. The Morgan fingerprint density at radius 3 is 2.67 bits per heavy atom. The summed E-state index contributed by atoms with van der Waals surface area (Å²) in [5, 5.41) is 12.8. The summed E-state index contributed by atoms with van der Waals surface area (Å²) in [6, 6.07) is 8.69. The maximum absolute atomic E-state index is 11.5. The van der Waals surface area contributed by atoms with E-state index in [9.17, 15) is 9.59 Å². The first-order chi connectivity index (χ1) is 8.50. The van der Waals surface area contributed by atoms with Gasteiger partial charge in [-0.25, -0.2) is 9.48 Å². The number of rotatable bonds is 2. The van der Waals surface area contributed by atoms with E-state index in [0.29, 0.717) is 5.69 Å². The van der Waals surface area contributed by atoms with Gasteiger partial charge in [0.2, 0.25) is 11.1 Å². The van der Waals surface area contributed by atoms with E-state index in [4.69, 9.17) is 5.11 Å². The van der Waals surface area contributed by atoms with Crippen molar-refractivity contribution in [3.05, 3.63) is 55.5 Å². The van der Waals surface area contributed by atoms with Crippen LogP contribution in [0, 0.1) is 10.5 Å². The number of benzene rings is 1. The number of aryl methyl sites for hydroxylation is 1. The van der Waals surface area contributed by atoms with Crippen molar-refractivity contribution in [2.24, 2.45) is 0 Å². The predicted molar refractivity (Wildman–Crippen MR) is 74.2 cm³/mol. The molecule has 0 atom stereocenters. The zero-order valence-electron chi connectivity index (χ0n) is 9.42. The van der Waals surface area contributed by atoms with E-state index in [1.54, 1.807) is 6.92 Å². The molecule has 18 heavy (non-hydrogen) atoms. The van der Waals surface area contributed by atoms with Crippen LogP contribution in [-0.4, -0.2) is 20.9 Å². The average molecular weight is 356 g/mol. The lowest BCUT2D eigenvalue weighted by Crippen LogP contribution is -2.22. The molecule has 0 aliphatic carbocycles. The Morgan fingerprint density at radius 1 is 1.39 bits per heavy atom. The Labute approximate surface area is 116 Å². The van der Waals surface area contributed by atoms with E-state index in [-0.39, 0.29) is 0 Å². The molecule has 2 aromatic rings. The summed E-state index contributed by atoms with van der Waals surface area (Å²) in [6.45, 7) is 1.71. The molecule has 1 aromatic carbocycles. The lowest BCUT2D eigenvalue weighted by Gasteiger charge is -2.11. The second kappa shape index (κ2) is 4.89. The first-order valence-electron chi connectivity index (χ1n) is 5.10. The standard InChI is InChI=1S/C12H9IN2O3/c1-7-6-10(16)11(12(17)18)14-15(7)9-5-3-2-4-8(9)13/h2-6H,1H3,(H,17,18). The first-order valence-corrected chi connectivity index (χ1v) is 6.18. The van der Waals surface area contributed by atoms with Crippen molar-refractivity contribution in [2.45, 2.75) is 6.92 Å². The molecule has 1 heterocycles. The number of para-hydroxylation sites is 1. The Balaban J connectivity index is 2.73. The molecule has 1 aromatic heterocycles. The number of aromatic nitrogens is 2. The second-order valence-corrected chi connectivity index (χ2v) is 4.83. The van der Waals surface area contributed by atoms with Gasteiger partial charge in [0, 0.05) is 15.3 Å². The molecule has 0 aliphatic rings. The molecular formula is C12H9IN2O3. The van der Waals surface area contributed by atoms with Gasteiger partial charge < -0.3 is 5.11 Å². The van der Waals surface area contributed by atoms with Crippen molar-refractivity contribution < 1.29 is 9.90 Å². The lowest BCUT2D eigenvalue weighted by molar-refractivity contribution is 0.0686. The van der Waals surface area contributed by atoms with E-state index in [0.717, 1.165) is 9.26 Å². The minimum atomic E-state index is -1.32. The number of carboxylic acids is 1. The lowest BCUT2D eigenvalue weighted by atomic mass is 10.3. The van der Waals surface area contributed by atoms with Gasteiger partial charge in [-0.3, -0.25) is 4.79 Å². The number of hydrogen-bond donors (Lipinski definition) is 1. The number of carboxylic acid groups (broad SMARTS) is 1. The monoisotopic (exact) mass is 356 g/mol. The van der Waals surface area contributed by atoms with Crippen LogP contribution in [0.3, 0.4) is 0 Å². The molecule has 0 spiro atoms. The molecule has 0 radical (unpaired) electrons. The van der Waals surface area contributed by atoms with Crippen LogP contribution in [0.5, 0.6) is 0 Å². The molecule has 0 amide bonds. The Bertz CT molecular complexity index is 679. The van der Waals surface area contributed by atoms with Crippen molar-refractivity contribution in [3.8, 4) is 5.69 Å². The number of nitrogens with zero attached hydrogens (tertiary/aromatic N) is 2. The molecule has 5 nitrogen and oxygen atoms in total. The zero-order chi connectivity index (χ0) is 13.3. The predicted octanol–water partition coefficient (Wildman–Crippen LogP) is 1.84. The summed E-state index contributed by atoms with van der Waals surface area (Å²) in [6.07, 6.45) is 0. The highest BCUT2D eigenvalue weighted by molar-refractivity contribution is 14.1. The number of hydrogen-bond acceptors (Lipinski definition) is 3. The van der Waals surface area contributed by atoms with Crippen LogP contribution < -0.4 is 5.43 Å². The van der Waals surface area contributed by atoms with Crippen molar-refractivity contribution in [2.75, 3.05) is 0 Å². The topological polar surface area (TPSA) is 72.2 Å². The maximum Gasteiger partial charge on any atom is 0.360 e. The molecule has 92 valence electrons. The molecule has 6 heteroatoms. The van der Waals surface area contributed by atoms with Crippen molar-refractivity contribution in [1.29, 1.82) is 0 Å². The minimum Gasteiger partial charge on any atom is -0.476 e. The molecule has 0 bridgehead atoms. The fourth-order valence-electron chi connectivity index (χ4n) is 1.56. The highest BCUT2D eigenvalue weighted by Crippen LogP contribution is 2.16. The first kappa shape index (κ1) is 12.7. The third-order valence-electron chi connectivity index (χ3n) is 2.39. The van der Waals surface area contributed by atoms with Gasteiger partial charge in [0.1, 0.15) is 0 Å². The van der Waals surface area contributed by atoms with E-state index < -0.39 is 17.1 Å². The van der Waals surface area contributed by atoms with Gasteiger partial charge in [-0.1, -0.05) is 12.1 Å². The fraction of sp³-hybridized carbons (Fsp3) is 0.0833. The summed E-state index contributed by atoms with van der Waals surface area (Å²) in [5.41, 5.74) is 0.287. The molecule has 0 aliphatic heterocycles. The summed E-state index contributed by atoms with van der Waals surface area (Å²) in [4.78, 5) is 22.4. The van der Waals surface area contributed by atoms with Gasteiger partial charge >= 0.3 is 5.97 Å². The van der Waals surface area contributed by atoms with E-state index in [1.165, 1.54) is 10.7 Å². The van der Waals surface area contributed by atoms with Crippen molar-refractivity contribution in [1.82, 2.24) is 9.78 Å². The maximum atomic E-state index is 11.5. The van der Waals surface area contributed by atoms with Gasteiger partial charge in [0.25, 0.3) is 0 Å². The largest absolute Gasteiger partial charge is 0.476 e. The van der Waals surface area contributed by atoms with Crippen LogP contribution in [0.25, 0.3) is 5.69 Å². The van der Waals surface area contributed by atoms with E-state index in [1.807, 2.05) is 24.3 Å².